The lowest BCUT2D eigenvalue weighted by molar-refractivity contribution is 0.281. The molecule has 0 aliphatic heterocycles. The predicted octanol–water partition coefficient (Wildman–Crippen LogP) is 2.69. The van der Waals surface area contributed by atoms with E-state index in [-0.39, 0.29) is 11.4 Å². The first-order chi connectivity index (χ1) is 6.92. The summed E-state index contributed by atoms with van der Waals surface area (Å²) in [6.07, 6.45) is 1.65. The Bertz CT molecular complexity index is 337. The van der Waals surface area contributed by atoms with Gasteiger partial charge in [0.1, 0.15) is 5.03 Å². The molecule has 0 aromatic carbocycles. The number of hydrogen-bond acceptors (Lipinski definition) is 5. The Hall–Kier alpha value is -0.390. The van der Waals surface area contributed by atoms with Gasteiger partial charge in [-0.2, -0.15) is 0 Å². The fourth-order valence-electron chi connectivity index (χ4n) is 0.835. The quantitative estimate of drug-likeness (QED) is 0.801. The topological polar surface area (TPSA) is 59.1 Å². The molecule has 1 aromatic heterocycles. The molecule has 1 heterocycles. The average Bonchev–Trinajstić information content (AvgIpc) is 2.14. The second kappa shape index (κ2) is 5.09. The van der Waals surface area contributed by atoms with Crippen molar-refractivity contribution < 1.29 is 5.11 Å². The summed E-state index contributed by atoms with van der Waals surface area (Å²) >= 11 is 0. The molecule has 84 valence electrons. The van der Waals surface area contributed by atoms with Crippen LogP contribution in [0.5, 0.6) is 0 Å². The van der Waals surface area contributed by atoms with Crippen LogP contribution in [0.15, 0.2) is 17.3 Å². The van der Waals surface area contributed by atoms with E-state index in [1.54, 1.807) is 33.9 Å². The second-order valence-corrected chi connectivity index (χ2v) is 7.12. The minimum atomic E-state index is -0.0193. The van der Waals surface area contributed by atoms with Crippen LogP contribution < -0.4 is 5.73 Å². The van der Waals surface area contributed by atoms with Gasteiger partial charge in [0.15, 0.2) is 0 Å². The highest BCUT2D eigenvalue weighted by atomic mass is 33.1. The third-order valence-corrected chi connectivity index (χ3v) is 4.79. The number of anilines is 1. The Morgan fingerprint density at radius 3 is 2.60 bits per heavy atom. The molecule has 0 bridgehead atoms. The highest BCUT2D eigenvalue weighted by Gasteiger charge is 2.13. The van der Waals surface area contributed by atoms with E-state index in [1.807, 2.05) is 0 Å². The first-order valence-corrected chi connectivity index (χ1v) is 6.78. The lowest BCUT2D eigenvalue weighted by atomic mass is 10.3. The van der Waals surface area contributed by atoms with Crippen LogP contribution in [-0.2, 0) is 6.61 Å². The molecule has 1 aromatic rings. The summed E-state index contributed by atoms with van der Waals surface area (Å²) in [4.78, 5) is 4.21. The molecule has 0 unspecified atom stereocenters. The summed E-state index contributed by atoms with van der Waals surface area (Å²) in [7, 11) is 3.30. The van der Waals surface area contributed by atoms with Crippen molar-refractivity contribution in [2.45, 2.75) is 37.2 Å². The molecular weight excluding hydrogens is 228 g/mol. The number of hydrogen-bond donors (Lipinski definition) is 2. The zero-order valence-electron chi connectivity index (χ0n) is 9.15. The van der Waals surface area contributed by atoms with Crippen molar-refractivity contribution in [1.82, 2.24) is 4.98 Å². The molecule has 1 rings (SSSR count). The zero-order chi connectivity index (χ0) is 11.5. The summed E-state index contributed by atoms with van der Waals surface area (Å²) in [5.74, 6) is 0. The van der Waals surface area contributed by atoms with Gasteiger partial charge in [0.05, 0.1) is 12.3 Å². The van der Waals surface area contributed by atoms with Gasteiger partial charge < -0.3 is 10.8 Å². The number of nitrogens with zero attached hydrogens (tertiary/aromatic N) is 1. The van der Waals surface area contributed by atoms with Crippen LogP contribution in [0.3, 0.4) is 0 Å². The van der Waals surface area contributed by atoms with Gasteiger partial charge in [-0.1, -0.05) is 31.6 Å². The van der Waals surface area contributed by atoms with E-state index in [2.05, 4.69) is 25.8 Å². The molecule has 0 aliphatic carbocycles. The monoisotopic (exact) mass is 244 g/mol. The SMILES string of the molecule is CC(C)(C)SSc1ncc(CO)cc1N. The van der Waals surface area contributed by atoms with Gasteiger partial charge in [0.2, 0.25) is 0 Å². The molecule has 0 fully saturated rings. The maximum Gasteiger partial charge on any atom is 0.129 e. The van der Waals surface area contributed by atoms with Crippen LogP contribution in [0.2, 0.25) is 0 Å². The number of nitrogens with two attached hydrogens (primary N) is 1. The van der Waals surface area contributed by atoms with Crippen molar-refractivity contribution in [3.8, 4) is 0 Å². The molecule has 3 nitrogen and oxygen atoms in total. The summed E-state index contributed by atoms with van der Waals surface area (Å²) < 4.78 is 0.175. The van der Waals surface area contributed by atoms with E-state index in [0.29, 0.717) is 5.69 Å². The van der Waals surface area contributed by atoms with Gasteiger partial charge in [-0.15, -0.1) is 0 Å². The third kappa shape index (κ3) is 4.32. The predicted molar refractivity (Wildman–Crippen MR) is 67.8 cm³/mol. The number of aliphatic hydroxyl groups is 1. The lowest BCUT2D eigenvalue weighted by Crippen LogP contribution is -2.05. The van der Waals surface area contributed by atoms with Gasteiger partial charge in [-0.3, -0.25) is 0 Å². The molecule has 0 aliphatic rings. The van der Waals surface area contributed by atoms with Crippen LogP contribution >= 0.6 is 21.6 Å². The average molecular weight is 244 g/mol. The summed E-state index contributed by atoms with van der Waals surface area (Å²) in [6, 6.07) is 1.76. The van der Waals surface area contributed by atoms with E-state index in [4.69, 9.17) is 10.8 Å². The smallest absolute Gasteiger partial charge is 0.129 e. The van der Waals surface area contributed by atoms with Crippen LogP contribution in [0.4, 0.5) is 5.69 Å². The maximum absolute atomic E-state index is 8.90. The van der Waals surface area contributed by atoms with Crippen molar-refractivity contribution in [3.63, 3.8) is 0 Å². The highest BCUT2D eigenvalue weighted by molar-refractivity contribution is 8.77. The Morgan fingerprint density at radius 2 is 2.13 bits per heavy atom. The van der Waals surface area contributed by atoms with Gasteiger partial charge in [-0.25, -0.2) is 4.98 Å². The molecule has 0 amide bonds. The third-order valence-electron chi connectivity index (χ3n) is 1.49. The van der Waals surface area contributed by atoms with Crippen molar-refractivity contribution in [3.05, 3.63) is 17.8 Å². The van der Waals surface area contributed by atoms with Crippen LogP contribution in [0.25, 0.3) is 0 Å². The standard InChI is InChI=1S/C10H16N2OS2/c1-10(2,3)15-14-9-8(11)4-7(6-13)5-12-9/h4-5,13H,6,11H2,1-3H3. The Kier molecular flexibility index (Phi) is 4.31. The maximum atomic E-state index is 8.90. The molecule has 0 saturated carbocycles. The first-order valence-electron chi connectivity index (χ1n) is 4.63. The summed E-state index contributed by atoms with van der Waals surface area (Å²) in [5.41, 5.74) is 7.19. The van der Waals surface area contributed by atoms with Crippen molar-refractivity contribution in [2.24, 2.45) is 0 Å². The fourth-order valence-corrected chi connectivity index (χ4v) is 2.82. The van der Waals surface area contributed by atoms with E-state index < -0.39 is 0 Å². The number of nitrogen functional groups attached to an aromatic ring is 1. The number of pyridine rings is 1. The number of aromatic nitrogens is 1. The summed E-state index contributed by atoms with van der Waals surface area (Å²) in [5, 5.41) is 9.72. The van der Waals surface area contributed by atoms with Gasteiger partial charge in [0.25, 0.3) is 0 Å². The van der Waals surface area contributed by atoms with Crippen molar-refractivity contribution >= 4 is 27.3 Å². The van der Waals surface area contributed by atoms with Gasteiger partial charge in [0, 0.05) is 10.9 Å². The van der Waals surface area contributed by atoms with E-state index >= 15 is 0 Å². The number of rotatable bonds is 3. The van der Waals surface area contributed by atoms with Crippen molar-refractivity contribution in [2.75, 3.05) is 5.73 Å². The largest absolute Gasteiger partial charge is 0.397 e. The van der Waals surface area contributed by atoms with Crippen LogP contribution in [-0.4, -0.2) is 14.8 Å². The van der Waals surface area contributed by atoms with Crippen LogP contribution in [0.1, 0.15) is 26.3 Å². The fraction of sp³-hybridized carbons (Fsp3) is 0.500. The molecule has 0 spiro atoms. The molecular formula is C10H16N2OS2. The minimum absolute atomic E-state index is 0.0193. The zero-order valence-corrected chi connectivity index (χ0v) is 10.8. The van der Waals surface area contributed by atoms with Gasteiger partial charge in [-0.05, 0) is 22.4 Å². The molecule has 3 N–H and O–H groups in total. The molecule has 15 heavy (non-hydrogen) atoms. The molecule has 0 atom stereocenters. The van der Waals surface area contributed by atoms with E-state index in [1.165, 1.54) is 0 Å². The summed E-state index contributed by atoms with van der Waals surface area (Å²) in [6.45, 7) is 6.41. The number of aliphatic hydroxyl groups excluding tert-OH is 1. The molecule has 0 radical (unpaired) electrons. The Labute approximate surface area is 98.3 Å². The van der Waals surface area contributed by atoms with E-state index in [9.17, 15) is 0 Å². The molecule has 5 heteroatoms. The van der Waals surface area contributed by atoms with E-state index in [0.717, 1.165) is 10.6 Å². The Morgan fingerprint density at radius 1 is 1.47 bits per heavy atom. The second-order valence-electron chi connectivity index (χ2n) is 4.18. The minimum Gasteiger partial charge on any atom is -0.397 e. The van der Waals surface area contributed by atoms with Crippen molar-refractivity contribution in [1.29, 1.82) is 0 Å². The highest BCUT2D eigenvalue weighted by Crippen LogP contribution is 2.41. The van der Waals surface area contributed by atoms with Gasteiger partial charge >= 0.3 is 0 Å². The normalized spacial score (nSPS) is 11.7. The molecule has 0 saturated heterocycles. The Balaban J connectivity index is 2.70. The lowest BCUT2D eigenvalue weighted by Gasteiger charge is -2.16. The first kappa shape index (κ1) is 12.7. The van der Waals surface area contributed by atoms with Crippen LogP contribution in [0, 0.1) is 0 Å².